The lowest BCUT2D eigenvalue weighted by Gasteiger charge is -2.39. The van der Waals surface area contributed by atoms with Crippen molar-refractivity contribution in [1.82, 2.24) is 39.1 Å². The smallest absolute Gasteiger partial charge is 0.329 e. The fourth-order valence-corrected chi connectivity index (χ4v) is 8.25. The average molecular weight is 732 g/mol. The molecule has 0 bridgehead atoms. The lowest BCUT2D eigenvalue weighted by Crippen LogP contribution is -2.48. The molecule has 16 nitrogen and oxygen atoms in total. The summed E-state index contributed by atoms with van der Waals surface area (Å²) in [5, 5.41) is 19.9. The Bertz CT molecular complexity index is 2370. The maximum Gasteiger partial charge on any atom is 0.329 e. The van der Waals surface area contributed by atoms with Crippen molar-refractivity contribution >= 4 is 51.2 Å². The van der Waals surface area contributed by atoms with E-state index in [0.717, 1.165) is 80.5 Å². The number of aromatic nitrogens is 6. The number of carbonyl (C=O) groups is 3. The minimum atomic E-state index is -0.747. The van der Waals surface area contributed by atoms with E-state index < -0.39 is 17.9 Å². The van der Waals surface area contributed by atoms with Crippen LogP contribution in [-0.2, 0) is 16.6 Å². The minimum Gasteiger partial charge on any atom is -0.494 e. The van der Waals surface area contributed by atoms with Gasteiger partial charge in [-0.1, -0.05) is 6.07 Å². The molecule has 2 N–H and O–H groups in total. The number of hydrogen-bond donors (Lipinski definition) is 2. The number of piperidine rings is 1. The third kappa shape index (κ3) is 6.55. The zero-order chi connectivity index (χ0) is 37.5. The highest BCUT2D eigenvalue weighted by atomic mass is 16.5. The highest BCUT2D eigenvalue weighted by molar-refractivity contribution is 6.03. The summed E-state index contributed by atoms with van der Waals surface area (Å²) >= 11 is 0. The predicted molar refractivity (Wildman–Crippen MR) is 199 cm³/mol. The van der Waals surface area contributed by atoms with Gasteiger partial charge in [-0.15, -0.1) is 0 Å². The maximum absolute atomic E-state index is 13.6. The number of benzene rings is 1. The van der Waals surface area contributed by atoms with Crippen LogP contribution in [-0.4, -0.2) is 91.3 Å². The Kier molecular flexibility index (Phi) is 9.32. The van der Waals surface area contributed by atoms with Crippen molar-refractivity contribution in [2.24, 2.45) is 13.0 Å². The van der Waals surface area contributed by atoms with E-state index >= 15 is 0 Å². The summed E-state index contributed by atoms with van der Waals surface area (Å²) in [4.78, 5) is 64.1. The predicted octanol–water partition coefficient (Wildman–Crippen LogP) is 3.14. The number of nitrogens with zero attached hydrogens (tertiary/aromatic N) is 9. The lowest BCUT2D eigenvalue weighted by atomic mass is 9.85. The SMILES string of the molecule is COc1ccc2c(c1N1CCN(CC3CCC(n4cc5cc(NC(=O)c6cccc(C#N)n6)ncc5n4)CC3)CC1)n(C)c(=O)n2C1CCC(=O)NC1=O. The third-order valence-corrected chi connectivity index (χ3v) is 11.1. The topological polar surface area (TPSA) is 185 Å². The molecule has 6 heterocycles. The number of methoxy groups -OCH3 is 1. The van der Waals surface area contributed by atoms with Gasteiger partial charge in [-0.25, -0.2) is 14.8 Å². The van der Waals surface area contributed by atoms with Gasteiger partial charge >= 0.3 is 5.69 Å². The number of amides is 3. The lowest BCUT2D eigenvalue weighted by molar-refractivity contribution is -0.135. The second-order valence-corrected chi connectivity index (χ2v) is 14.3. The van der Waals surface area contributed by atoms with Crippen LogP contribution in [0.25, 0.3) is 21.9 Å². The van der Waals surface area contributed by atoms with E-state index in [-0.39, 0.29) is 41.9 Å². The van der Waals surface area contributed by atoms with Crippen LogP contribution < -0.4 is 26.0 Å². The molecule has 4 aromatic heterocycles. The van der Waals surface area contributed by atoms with Gasteiger partial charge in [0, 0.05) is 57.8 Å². The highest BCUT2D eigenvalue weighted by Gasteiger charge is 2.34. The van der Waals surface area contributed by atoms with Crippen molar-refractivity contribution in [3.8, 4) is 11.8 Å². The Morgan fingerprint density at radius 1 is 1.06 bits per heavy atom. The standard InChI is InChI=1S/C38H41N11O5/c1-45-34-29(49(38(45)53)30-11-13-33(50)43-37(30)52)10-12-31(54-2)35(34)47-16-14-46(15-17-47)21-23-6-8-26(9-7-23)48-22-24-18-32(40-20-28(24)44-48)42-36(51)27-5-3-4-25(19-39)41-27/h3-5,10,12,18,20,22-23,26,30H,6-9,11,13-17,21H2,1-2H3,(H,42,51)(H,43,50,52). The molecule has 5 aromatic rings. The van der Waals surface area contributed by atoms with Crippen molar-refractivity contribution in [3.63, 3.8) is 0 Å². The summed E-state index contributed by atoms with van der Waals surface area (Å²) in [5.41, 5.74) is 3.00. The van der Waals surface area contributed by atoms with E-state index in [2.05, 4.69) is 30.4 Å². The van der Waals surface area contributed by atoms with Crippen molar-refractivity contribution in [1.29, 1.82) is 5.26 Å². The Morgan fingerprint density at radius 3 is 2.59 bits per heavy atom. The third-order valence-electron chi connectivity index (χ3n) is 11.1. The fourth-order valence-electron chi connectivity index (χ4n) is 8.25. The molecule has 1 aromatic carbocycles. The Labute approximate surface area is 310 Å². The number of piperazine rings is 1. The molecule has 16 heteroatoms. The molecular formula is C38H41N11O5. The van der Waals surface area contributed by atoms with Crippen LogP contribution in [0.4, 0.5) is 11.5 Å². The van der Waals surface area contributed by atoms with Crippen LogP contribution in [0.5, 0.6) is 5.75 Å². The van der Waals surface area contributed by atoms with E-state index in [1.165, 1.54) is 4.57 Å². The number of hydrogen-bond acceptors (Lipinski definition) is 11. The number of imidazole rings is 1. The van der Waals surface area contributed by atoms with Gasteiger partial charge in [-0.2, -0.15) is 10.4 Å². The van der Waals surface area contributed by atoms with Gasteiger partial charge in [0.2, 0.25) is 11.8 Å². The van der Waals surface area contributed by atoms with E-state index in [4.69, 9.17) is 15.1 Å². The molecule has 0 spiro atoms. The summed E-state index contributed by atoms with van der Waals surface area (Å²) in [7, 11) is 3.35. The molecule has 2 saturated heterocycles. The molecule has 1 saturated carbocycles. The quantitative estimate of drug-likeness (QED) is 0.224. The molecule has 0 radical (unpaired) electrons. The highest BCUT2D eigenvalue weighted by Crippen LogP contribution is 2.38. The molecule has 3 fully saturated rings. The number of nitrogens with one attached hydrogen (secondary N) is 2. The second kappa shape index (κ2) is 14.4. The molecule has 1 unspecified atom stereocenters. The van der Waals surface area contributed by atoms with Crippen LogP contribution in [0.1, 0.15) is 66.8 Å². The zero-order valence-corrected chi connectivity index (χ0v) is 30.2. The van der Waals surface area contributed by atoms with Crippen LogP contribution in [0.15, 0.2) is 53.6 Å². The fraction of sp³-hybridized carbons (Fsp3) is 0.421. The number of pyridine rings is 2. The summed E-state index contributed by atoms with van der Waals surface area (Å²) < 4.78 is 11.0. The molecular weight excluding hydrogens is 690 g/mol. The monoisotopic (exact) mass is 731 g/mol. The number of fused-ring (bicyclic) bond motifs is 2. The van der Waals surface area contributed by atoms with E-state index in [0.29, 0.717) is 23.0 Å². The number of nitriles is 1. The number of aryl methyl sites for hydroxylation is 1. The molecule has 278 valence electrons. The Hall–Kier alpha value is -6.08. The molecule has 3 aliphatic rings. The molecule has 8 rings (SSSR count). The first-order chi connectivity index (χ1) is 26.2. The van der Waals surface area contributed by atoms with Crippen molar-refractivity contribution in [2.45, 2.75) is 50.6 Å². The zero-order valence-electron chi connectivity index (χ0n) is 30.2. The van der Waals surface area contributed by atoms with Gasteiger partial charge in [-0.3, -0.25) is 38.4 Å². The summed E-state index contributed by atoms with van der Waals surface area (Å²) in [6, 6.07) is 11.7. The number of imide groups is 1. The first kappa shape index (κ1) is 35.0. The van der Waals surface area contributed by atoms with E-state index in [1.807, 2.05) is 29.1 Å². The number of anilines is 2. The van der Waals surface area contributed by atoms with Crippen LogP contribution in [0.3, 0.4) is 0 Å². The molecule has 1 atom stereocenters. The van der Waals surface area contributed by atoms with Gasteiger partial charge in [0.05, 0.1) is 30.4 Å². The first-order valence-corrected chi connectivity index (χ1v) is 18.3. The van der Waals surface area contributed by atoms with Gasteiger partial charge in [0.1, 0.15) is 46.3 Å². The molecule has 1 aliphatic carbocycles. The van der Waals surface area contributed by atoms with Crippen molar-refractivity contribution in [3.05, 3.63) is 70.7 Å². The van der Waals surface area contributed by atoms with Crippen LogP contribution in [0, 0.1) is 17.2 Å². The Balaban J connectivity index is 0.884. The van der Waals surface area contributed by atoms with Crippen molar-refractivity contribution in [2.75, 3.05) is 50.1 Å². The van der Waals surface area contributed by atoms with Crippen LogP contribution >= 0.6 is 0 Å². The summed E-state index contributed by atoms with van der Waals surface area (Å²) in [6.07, 6.45) is 8.39. The van der Waals surface area contributed by atoms with Crippen molar-refractivity contribution < 1.29 is 19.1 Å². The van der Waals surface area contributed by atoms with Gasteiger partial charge < -0.3 is 15.0 Å². The van der Waals surface area contributed by atoms with E-state index in [9.17, 15) is 19.2 Å². The number of rotatable bonds is 8. The molecule has 54 heavy (non-hydrogen) atoms. The largest absolute Gasteiger partial charge is 0.494 e. The normalized spacial score (nSPS) is 20.9. The minimum absolute atomic E-state index is 0.149. The maximum atomic E-state index is 13.6. The summed E-state index contributed by atoms with van der Waals surface area (Å²) in [6.45, 7) is 4.30. The Morgan fingerprint density at radius 2 is 1.85 bits per heavy atom. The van der Waals surface area contributed by atoms with Gasteiger partial charge in [0.25, 0.3) is 5.91 Å². The molecule has 3 amide bonds. The second-order valence-electron chi connectivity index (χ2n) is 14.3. The van der Waals surface area contributed by atoms with Crippen LogP contribution in [0.2, 0.25) is 0 Å². The molecule has 2 aliphatic heterocycles. The summed E-state index contributed by atoms with van der Waals surface area (Å²) in [5.74, 6) is 0.444. The van der Waals surface area contributed by atoms with Gasteiger partial charge in [0.15, 0.2) is 0 Å². The number of ether oxygens (including phenoxy) is 1. The van der Waals surface area contributed by atoms with Gasteiger partial charge in [-0.05, 0) is 68.4 Å². The van der Waals surface area contributed by atoms with E-state index in [1.54, 1.807) is 49.2 Å². The first-order valence-electron chi connectivity index (χ1n) is 18.3. The average Bonchev–Trinajstić information content (AvgIpc) is 3.72. The number of carbonyl (C=O) groups excluding carboxylic acids is 3.